The van der Waals surface area contributed by atoms with Gasteiger partial charge in [-0.1, -0.05) is 18.6 Å². The van der Waals surface area contributed by atoms with Gasteiger partial charge in [0.15, 0.2) is 0 Å². The van der Waals surface area contributed by atoms with Crippen LogP contribution in [-0.2, 0) is 10.0 Å². The summed E-state index contributed by atoms with van der Waals surface area (Å²) >= 11 is 0. The average Bonchev–Trinajstić information content (AvgIpc) is 2.46. The van der Waals surface area contributed by atoms with Gasteiger partial charge in [0, 0.05) is 12.6 Å². The van der Waals surface area contributed by atoms with Crippen molar-refractivity contribution >= 4 is 10.0 Å². The molecule has 0 aliphatic carbocycles. The highest BCUT2D eigenvalue weighted by Gasteiger charge is 2.21. The van der Waals surface area contributed by atoms with E-state index in [-0.39, 0.29) is 16.5 Å². The molecule has 0 aromatic heterocycles. The van der Waals surface area contributed by atoms with E-state index in [1.165, 1.54) is 6.07 Å². The Morgan fingerprint density at radius 3 is 2.90 bits per heavy atom. The normalized spacial score (nSPS) is 19.5. The molecule has 1 aliphatic heterocycles. The SMILES string of the molecule is Cc1cccc(S(=O)(=O)NCC2CCCCN2)c1C#N. The van der Waals surface area contributed by atoms with Gasteiger partial charge in [0.2, 0.25) is 10.0 Å². The number of piperidine rings is 1. The molecule has 0 bridgehead atoms. The first-order valence-electron chi connectivity index (χ1n) is 6.77. The maximum atomic E-state index is 12.3. The molecular weight excluding hydrogens is 274 g/mol. The molecule has 1 saturated heterocycles. The van der Waals surface area contributed by atoms with Gasteiger partial charge >= 0.3 is 0 Å². The molecule has 6 heteroatoms. The monoisotopic (exact) mass is 293 g/mol. The summed E-state index contributed by atoms with van der Waals surface area (Å²) in [6, 6.07) is 7.02. The van der Waals surface area contributed by atoms with E-state index in [0.29, 0.717) is 12.1 Å². The van der Waals surface area contributed by atoms with E-state index >= 15 is 0 Å². The lowest BCUT2D eigenvalue weighted by molar-refractivity contribution is 0.398. The standard InChI is InChI=1S/C14H19N3O2S/c1-11-5-4-7-14(13(11)9-15)20(18,19)17-10-12-6-2-3-8-16-12/h4-5,7,12,16-17H,2-3,6,8,10H2,1H3. The largest absolute Gasteiger partial charge is 0.313 e. The van der Waals surface area contributed by atoms with E-state index in [1.807, 2.05) is 6.07 Å². The van der Waals surface area contributed by atoms with E-state index < -0.39 is 10.0 Å². The minimum atomic E-state index is -3.64. The summed E-state index contributed by atoms with van der Waals surface area (Å²) in [7, 11) is -3.64. The Kier molecular flexibility index (Phi) is 4.76. The van der Waals surface area contributed by atoms with E-state index in [9.17, 15) is 8.42 Å². The summed E-state index contributed by atoms with van der Waals surface area (Å²) in [6.45, 7) is 3.03. The number of sulfonamides is 1. The Balaban J connectivity index is 2.14. The van der Waals surface area contributed by atoms with Crippen LogP contribution >= 0.6 is 0 Å². The van der Waals surface area contributed by atoms with Crippen LogP contribution in [0.5, 0.6) is 0 Å². The molecular formula is C14H19N3O2S. The molecule has 1 aromatic carbocycles. The highest BCUT2D eigenvalue weighted by atomic mass is 32.2. The maximum absolute atomic E-state index is 12.3. The van der Waals surface area contributed by atoms with Crippen molar-refractivity contribution in [3.63, 3.8) is 0 Å². The second-order valence-corrected chi connectivity index (χ2v) is 6.79. The fraction of sp³-hybridized carbons (Fsp3) is 0.500. The van der Waals surface area contributed by atoms with Gasteiger partial charge in [-0.3, -0.25) is 0 Å². The predicted octanol–water partition coefficient (Wildman–Crippen LogP) is 1.29. The fourth-order valence-electron chi connectivity index (χ4n) is 2.39. The van der Waals surface area contributed by atoms with Crippen molar-refractivity contribution in [2.75, 3.05) is 13.1 Å². The van der Waals surface area contributed by atoms with Gasteiger partial charge in [0.25, 0.3) is 0 Å². The molecule has 1 aliphatic rings. The summed E-state index contributed by atoms with van der Waals surface area (Å²) in [6.07, 6.45) is 3.23. The molecule has 0 amide bonds. The molecule has 5 nitrogen and oxygen atoms in total. The highest BCUT2D eigenvalue weighted by Crippen LogP contribution is 2.18. The Bertz CT molecular complexity index is 614. The molecule has 2 N–H and O–H groups in total. The van der Waals surface area contributed by atoms with Crippen LogP contribution in [0.2, 0.25) is 0 Å². The molecule has 1 aromatic rings. The van der Waals surface area contributed by atoms with Gasteiger partial charge in [-0.25, -0.2) is 13.1 Å². The van der Waals surface area contributed by atoms with Gasteiger partial charge in [0.1, 0.15) is 6.07 Å². The third kappa shape index (κ3) is 3.37. The summed E-state index contributed by atoms with van der Waals surface area (Å²) in [5.41, 5.74) is 0.891. The average molecular weight is 293 g/mol. The van der Waals surface area contributed by atoms with Crippen LogP contribution in [0.25, 0.3) is 0 Å². The number of nitriles is 1. The molecule has 0 spiro atoms. The summed E-state index contributed by atoms with van der Waals surface area (Å²) < 4.78 is 27.2. The zero-order valence-electron chi connectivity index (χ0n) is 11.5. The van der Waals surface area contributed by atoms with Gasteiger partial charge in [0.05, 0.1) is 10.5 Å². The van der Waals surface area contributed by atoms with Crippen LogP contribution in [0, 0.1) is 18.3 Å². The van der Waals surface area contributed by atoms with Crippen LogP contribution in [0.15, 0.2) is 23.1 Å². The molecule has 1 heterocycles. The number of benzene rings is 1. The minimum absolute atomic E-state index is 0.0656. The lowest BCUT2D eigenvalue weighted by Gasteiger charge is -2.23. The van der Waals surface area contributed by atoms with Crippen LogP contribution in [0.1, 0.15) is 30.4 Å². The predicted molar refractivity (Wildman–Crippen MR) is 76.7 cm³/mol. The Hall–Kier alpha value is -1.42. The molecule has 1 atom stereocenters. The van der Waals surface area contributed by atoms with E-state index in [1.54, 1.807) is 19.1 Å². The number of nitrogens with zero attached hydrogens (tertiary/aromatic N) is 1. The van der Waals surface area contributed by atoms with E-state index in [2.05, 4.69) is 10.0 Å². The summed E-state index contributed by atoms with van der Waals surface area (Å²) in [5, 5.41) is 12.4. The van der Waals surface area contributed by atoms with Gasteiger partial charge < -0.3 is 5.32 Å². The van der Waals surface area contributed by atoms with Crippen LogP contribution in [0.3, 0.4) is 0 Å². The quantitative estimate of drug-likeness (QED) is 0.876. The van der Waals surface area contributed by atoms with Crippen LogP contribution in [0.4, 0.5) is 0 Å². The molecule has 0 saturated carbocycles. The molecule has 0 radical (unpaired) electrons. The number of hydrogen-bond donors (Lipinski definition) is 2. The zero-order chi connectivity index (χ0) is 14.6. The Labute approximate surface area is 120 Å². The number of rotatable bonds is 4. The number of aryl methyl sites for hydroxylation is 1. The summed E-state index contributed by atoms with van der Waals surface area (Å²) in [5.74, 6) is 0. The maximum Gasteiger partial charge on any atom is 0.241 e. The molecule has 1 unspecified atom stereocenters. The van der Waals surface area contributed by atoms with Crippen molar-refractivity contribution in [2.45, 2.75) is 37.1 Å². The summed E-state index contributed by atoms with van der Waals surface area (Å²) in [4.78, 5) is 0.0656. The first-order chi connectivity index (χ1) is 9.54. The Morgan fingerprint density at radius 2 is 2.25 bits per heavy atom. The first-order valence-corrected chi connectivity index (χ1v) is 8.25. The smallest absolute Gasteiger partial charge is 0.241 e. The first kappa shape index (κ1) is 15.0. The van der Waals surface area contributed by atoms with Crippen LogP contribution < -0.4 is 10.0 Å². The lowest BCUT2D eigenvalue weighted by atomic mass is 10.1. The molecule has 2 rings (SSSR count). The third-order valence-electron chi connectivity index (χ3n) is 3.57. The van der Waals surface area contributed by atoms with Crippen LogP contribution in [-0.4, -0.2) is 27.5 Å². The van der Waals surface area contributed by atoms with Crippen molar-refractivity contribution in [3.05, 3.63) is 29.3 Å². The highest BCUT2D eigenvalue weighted by molar-refractivity contribution is 7.89. The van der Waals surface area contributed by atoms with Gasteiger partial charge in [-0.15, -0.1) is 0 Å². The van der Waals surface area contributed by atoms with E-state index in [4.69, 9.17) is 5.26 Å². The van der Waals surface area contributed by atoms with Crippen molar-refractivity contribution in [1.29, 1.82) is 5.26 Å². The van der Waals surface area contributed by atoms with Crippen molar-refractivity contribution in [3.8, 4) is 6.07 Å². The van der Waals surface area contributed by atoms with Gasteiger partial charge in [-0.2, -0.15) is 5.26 Å². The minimum Gasteiger partial charge on any atom is -0.313 e. The lowest BCUT2D eigenvalue weighted by Crippen LogP contribution is -2.43. The molecule has 20 heavy (non-hydrogen) atoms. The van der Waals surface area contributed by atoms with Crippen molar-refractivity contribution < 1.29 is 8.42 Å². The molecule has 108 valence electrons. The zero-order valence-corrected chi connectivity index (χ0v) is 12.3. The topological polar surface area (TPSA) is 82.0 Å². The van der Waals surface area contributed by atoms with Crippen molar-refractivity contribution in [2.24, 2.45) is 0 Å². The fourth-order valence-corrected chi connectivity index (χ4v) is 3.70. The van der Waals surface area contributed by atoms with Crippen molar-refractivity contribution in [1.82, 2.24) is 10.0 Å². The number of hydrogen-bond acceptors (Lipinski definition) is 4. The molecule has 1 fully saturated rings. The number of nitrogens with one attached hydrogen (secondary N) is 2. The second kappa shape index (κ2) is 6.35. The Morgan fingerprint density at radius 1 is 1.45 bits per heavy atom. The third-order valence-corrected chi connectivity index (χ3v) is 5.03. The van der Waals surface area contributed by atoms with E-state index in [0.717, 1.165) is 25.8 Å². The second-order valence-electron chi connectivity index (χ2n) is 5.06. The van der Waals surface area contributed by atoms with Gasteiger partial charge in [-0.05, 0) is 37.9 Å².